The van der Waals surface area contributed by atoms with Crippen LogP contribution in [0.5, 0.6) is 0 Å². The van der Waals surface area contributed by atoms with Gasteiger partial charge in [-0.2, -0.15) is 4.80 Å². The van der Waals surface area contributed by atoms with E-state index in [4.69, 9.17) is 0 Å². The molecule has 0 fully saturated rings. The minimum Gasteiger partial charge on any atom is -0.294 e. The first-order chi connectivity index (χ1) is 8.47. The Balaban J connectivity index is 2.24. The van der Waals surface area contributed by atoms with E-state index in [0.717, 1.165) is 15.6 Å². The SMILES string of the molecule is Cc1cc(C(=O)Cc2nnn(C)n2)cc(C)c1Br. The first-order valence-corrected chi connectivity index (χ1v) is 6.29. The van der Waals surface area contributed by atoms with Gasteiger partial charge in [-0.15, -0.1) is 10.2 Å². The van der Waals surface area contributed by atoms with Gasteiger partial charge in [0.2, 0.25) is 0 Å². The summed E-state index contributed by atoms with van der Waals surface area (Å²) in [5.74, 6) is 0.447. The van der Waals surface area contributed by atoms with Crippen molar-refractivity contribution in [1.29, 1.82) is 0 Å². The van der Waals surface area contributed by atoms with Crippen molar-refractivity contribution in [2.75, 3.05) is 0 Å². The van der Waals surface area contributed by atoms with Crippen LogP contribution in [0, 0.1) is 13.8 Å². The highest BCUT2D eigenvalue weighted by molar-refractivity contribution is 9.10. The van der Waals surface area contributed by atoms with Gasteiger partial charge in [-0.1, -0.05) is 15.9 Å². The average Bonchev–Trinajstić information content (AvgIpc) is 2.71. The fourth-order valence-electron chi connectivity index (χ4n) is 1.75. The van der Waals surface area contributed by atoms with Gasteiger partial charge in [0.25, 0.3) is 0 Å². The van der Waals surface area contributed by atoms with Gasteiger partial charge in [-0.3, -0.25) is 4.79 Å². The number of halogens is 1. The molecule has 0 aliphatic heterocycles. The summed E-state index contributed by atoms with van der Waals surface area (Å²) in [6.45, 7) is 3.93. The summed E-state index contributed by atoms with van der Waals surface area (Å²) in [6, 6.07) is 3.74. The van der Waals surface area contributed by atoms with E-state index in [1.807, 2.05) is 26.0 Å². The molecule has 0 aliphatic carbocycles. The van der Waals surface area contributed by atoms with Gasteiger partial charge in [-0.25, -0.2) is 0 Å². The van der Waals surface area contributed by atoms with Crippen molar-refractivity contribution in [3.8, 4) is 0 Å². The number of hydrogen-bond acceptors (Lipinski definition) is 4. The Labute approximate surface area is 113 Å². The molecule has 0 saturated heterocycles. The molecule has 0 aliphatic rings. The molecule has 0 unspecified atom stereocenters. The highest BCUT2D eigenvalue weighted by Crippen LogP contribution is 2.23. The molecule has 0 saturated carbocycles. The summed E-state index contributed by atoms with van der Waals surface area (Å²) in [5.41, 5.74) is 2.77. The maximum absolute atomic E-state index is 12.1. The monoisotopic (exact) mass is 308 g/mol. The largest absolute Gasteiger partial charge is 0.294 e. The molecule has 0 amide bonds. The van der Waals surface area contributed by atoms with Gasteiger partial charge >= 0.3 is 0 Å². The Morgan fingerprint density at radius 1 is 1.33 bits per heavy atom. The van der Waals surface area contributed by atoms with Crippen LogP contribution >= 0.6 is 15.9 Å². The molecule has 0 radical (unpaired) electrons. The summed E-state index contributed by atoms with van der Waals surface area (Å²) in [6.07, 6.45) is 0.175. The topological polar surface area (TPSA) is 60.7 Å². The average molecular weight is 309 g/mol. The zero-order valence-corrected chi connectivity index (χ0v) is 12.0. The number of carbonyl (C=O) groups is 1. The minimum atomic E-state index is 0.00157. The minimum absolute atomic E-state index is 0.00157. The van der Waals surface area contributed by atoms with E-state index < -0.39 is 0 Å². The number of hydrogen-bond donors (Lipinski definition) is 0. The Morgan fingerprint density at radius 3 is 2.44 bits per heavy atom. The third-order valence-corrected chi connectivity index (χ3v) is 3.88. The van der Waals surface area contributed by atoms with Crippen LogP contribution in [0.2, 0.25) is 0 Å². The van der Waals surface area contributed by atoms with Gasteiger partial charge in [0.05, 0.1) is 13.5 Å². The Hall–Kier alpha value is -1.56. The molecule has 6 heteroatoms. The second kappa shape index (κ2) is 4.97. The second-order valence-electron chi connectivity index (χ2n) is 4.22. The predicted molar refractivity (Wildman–Crippen MR) is 70.4 cm³/mol. The lowest BCUT2D eigenvalue weighted by molar-refractivity contribution is 0.0990. The standard InChI is InChI=1S/C12H13BrN4O/c1-7-4-9(5-8(2)12(7)13)10(18)6-11-14-16-17(3)15-11/h4-5H,6H2,1-3H3. The molecule has 1 aromatic carbocycles. The fraction of sp³-hybridized carbons (Fsp3) is 0.333. The molecule has 2 rings (SSSR count). The molecule has 18 heavy (non-hydrogen) atoms. The lowest BCUT2D eigenvalue weighted by Gasteiger charge is -2.06. The van der Waals surface area contributed by atoms with E-state index in [2.05, 4.69) is 31.3 Å². The van der Waals surface area contributed by atoms with Crippen LogP contribution in [-0.2, 0) is 13.5 Å². The van der Waals surface area contributed by atoms with Crippen molar-refractivity contribution in [2.45, 2.75) is 20.3 Å². The Morgan fingerprint density at radius 2 is 1.94 bits per heavy atom. The van der Waals surface area contributed by atoms with E-state index in [-0.39, 0.29) is 12.2 Å². The maximum atomic E-state index is 12.1. The Kier molecular flexibility index (Phi) is 3.56. The first kappa shape index (κ1) is 12.9. The van der Waals surface area contributed by atoms with Gasteiger partial charge in [0.1, 0.15) is 0 Å². The lowest BCUT2D eigenvalue weighted by atomic mass is 10.0. The van der Waals surface area contributed by atoms with Gasteiger partial charge in [0, 0.05) is 10.0 Å². The summed E-state index contributed by atoms with van der Waals surface area (Å²) in [7, 11) is 1.68. The van der Waals surface area contributed by atoms with Crippen LogP contribution in [0.1, 0.15) is 27.3 Å². The third kappa shape index (κ3) is 2.64. The molecule has 1 aromatic heterocycles. The van der Waals surface area contributed by atoms with Crippen LogP contribution in [0.4, 0.5) is 0 Å². The molecule has 1 heterocycles. The van der Waals surface area contributed by atoms with Crippen molar-refractivity contribution < 1.29 is 4.79 Å². The molecule has 0 spiro atoms. The molecular formula is C12H13BrN4O. The van der Waals surface area contributed by atoms with Crippen LogP contribution in [0.3, 0.4) is 0 Å². The number of benzene rings is 1. The van der Waals surface area contributed by atoms with Crippen LogP contribution in [0.25, 0.3) is 0 Å². The first-order valence-electron chi connectivity index (χ1n) is 5.50. The smallest absolute Gasteiger partial charge is 0.182 e. The van der Waals surface area contributed by atoms with Crippen LogP contribution < -0.4 is 0 Å². The van der Waals surface area contributed by atoms with Crippen molar-refractivity contribution in [1.82, 2.24) is 20.2 Å². The summed E-state index contributed by atoms with van der Waals surface area (Å²) < 4.78 is 1.04. The zero-order valence-electron chi connectivity index (χ0n) is 10.4. The second-order valence-corrected chi connectivity index (χ2v) is 5.01. The van der Waals surface area contributed by atoms with Gasteiger partial charge < -0.3 is 0 Å². The van der Waals surface area contributed by atoms with E-state index in [9.17, 15) is 4.79 Å². The van der Waals surface area contributed by atoms with Crippen molar-refractivity contribution >= 4 is 21.7 Å². The number of tetrazole rings is 1. The molecule has 94 valence electrons. The lowest BCUT2D eigenvalue weighted by Crippen LogP contribution is -2.06. The maximum Gasteiger partial charge on any atom is 0.182 e. The molecule has 5 nitrogen and oxygen atoms in total. The number of carbonyl (C=O) groups excluding carboxylic acids is 1. The normalized spacial score (nSPS) is 10.7. The van der Waals surface area contributed by atoms with Crippen molar-refractivity contribution in [2.24, 2.45) is 7.05 Å². The highest BCUT2D eigenvalue weighted by atomic mass is 79.9. The molecule has 0 atom stereocenters. The summed E-state index contributed by atoms with van der Waals surface area (Å²) in [4.78, 5) is 13.5. The van der Waals surface area contributed by atoms with Gasteiger partial charge in [-0.05, 0) is 42.3 Å². The van der Waals surface area contributed by atoms with E-state index in [1.165, 1.54) is 4.80 Å². The zero-order chi connectivity index (χ0) is 13.3. The predicted octanol–water partition coefficient (Wildman–Crippen LogP) is 2.01. The highest BCUT2D eigenvalue weighted by Gasteiger charge is 2.13. The summed E-state index contributed by atoms with van der Waals surface area (Å²) >= 11 is 3.48. The number of ketones is 1. The van der Waals surface area contributed by atoms with Crippen LogP contribution in [0.15, 0.2) is 16.6 Å². The number of aryl methyl sites for hydroxylation is 3. The van der Waals surface area contributed by atoms with Crippen LogP contribution in [-0.4, -0.2) is 26.0 Å². The van der Waals surface area contributed by atoms with E-state index in [1.54, 1.807) is 7.05 Å². The third-order valence-electron chi connectivity index (χ3n) is 2.63. The van der Waals surface area contributed by atoms with Crippen molar-refractivity contribution in [3.05, 3.63) is 39.1 Å². The Bertz CT molecular complexity index is 583. The van der Waals surface area contributed by atoms with E-state index in [0.29, 0.717) is 11.4 Å². The number of rotatable bonds is 3. The molecular weight excluding hydrogens is 296 g/mol. The fourth-order valence-corrected chi connectivity index (χ4v) is 1.98. The summed E-state index contributed by atoms with van der Waals surface area (Å²) in [5, 5.41) is 11.5. The quantitative estimate of drug-likeness (QED) is 0.814. The molecule has 2 aromatic rings. The van der Waals surface area contributed by atoms with E-state index >= 15 is 0 Å². The number of Topliss-reactive ketones (excluding diaryl/α,β-unsaturated/α-hetero) is 1. The molecule has 0 N–H and O–H groups in total. The van der Waals surface area contributed by atoms with Crippen molar-refractivity contribution in [3.63, 3.8) is 0 Å². The number of aromatic nitrogens is 4. The number of nitrogens with zero attached hydrogens (tertiary/aromatic N) is 4. The van der Waals surface area contributed by atoms with Gasteiger partial charge in [0.15, 0.2) is 11.6 Å². The molecule has 0 bridgehead atoms.